The molecule has 0 atom stereocenters. The number of nitrogens with zero attached hydrogens (tertiary/aromatic N) is 4. The number of rotatable bonds is 14. The van der Waals surface area contributed by atoms with Gasteiger partial charge >= 0.3 is 0 Å². The molecule has 0 radical (unpaired) electrons. The van der Waals surface area contributed by atoms with E-state index in [2.05, 4.69) is 372 Å². The number of hydrogen-bond donors (Lipinski definition) is 0. The lowest BCUT2D eigenvalue weighted by Gasteiger charge is -2.26. The van der Waals surface area contributed by atoms with Gasteiger partial charge in [-0.15, -0.1) is 0 Å². The first-order chi connectivity index (χ1) is 43.4. The van der Waals surface area contributed by atoms with Crippen molar-refractivity contribution >= 4 is 55.9 Å². The zero-order valence-corrected chi connectivity index (χ0v) is 49.1. The molecular formula is C84H62N4. The van der Waals surface area contributed by atoms with Gasteiger partial charge in [0.25, 0.3) is 0 Å². The fraction of sp³-hybridized carbons (Fsp3) is 0.0238. The lowest BCUT2D eigenvalue weighted by atomic mass is 10.0. The van der Waals surface area contributed by atoms with Gasteiger partial charge in [-0.05, 0) is 203 Å². The van der Waals surface area contributed by atoms with Gasteiger partial charge in [0.2, 0.25) is 0 Å². The normalized spacial score (nSPS) is 11.3. The zero-order valence-electron chi connectivity index (χ0n) is 49.1. The van der Waals surface area contributed by atoms with Crippen LogP contribution in [-0.4, -0.2) is 9.13 Å². The van der Waals surface area contributed by atoms with Crippen LogP contribution in [0.25, 0.3) is 100 Å². The highest BCUT2D eigenvalue weighted by atomic mass is 15.1. The van der Waals surface area contributed by atoms with Crippen LogP contribution in [0.4, 0.5) is 34.1 Å². The Labute approximate surface area is 515 Å². The SMILES string of the molecule is Cc1cccc(-c2cc3cc4c(cc(-c5cccc(C)c5)n4-c4ccc(N(c5ccc(-c6ccccc6)cc5)c5ccc(-c6ccccc6)cc5)cc4)cc3n2-c2ccc(N(c3ccc(-c4ccccc4)cc3)c3ccc(-c4ccccc4)cc3)cc2)c1. The predicted octanol–water partition coefficient (Wildman–Crippen LogP) is 23.1. The van der Waals surface area contributed by atoms with E-state index in [0.717, 1.165) is 89.8 Å². The Bertz CT molecular complexity index is 4410. The van der Waals surface area contributed by atoms with Crippen LogP contribution in [0, 0.1) is 13.8 Å². The van der Waals surface area contributed by atoms with Crippen molar-refractivity contribution < 1.29 is 0 Å². The quantitative estimate of drug-likeness (QED) is 0.108. The molecule has 88 heavy (non-hydrogen) atoms. The molecule has 0 aliphatic carbocycles. The molecule has 0 saturated carbocycles. The summed E-state index contributed by atoms with van der Waals surface area (Å²) in [4.78, 5) is 4.72. The molecule has 15 aromatic rings. The molecule has 4 heteroatoms. The lowest BCUT2D eigenvalue weighted by Crippen LogP contribution is -2.10. The van der Waals surface area contributed by atoms with Crippen molar-refractivity contribution in [3.05, 3.63) is 351 Å². The molecule has 2 aromatic heterocycles. The van der Waals surface area contributed by atoms with Crippen LogP contribution in [0.15, 0.2) is 340 Å². The standard InChI is InChI=1S/C84H62N4/c1-59-17-15-27-69(53-59)81-55-71-57-84-72(58-83(71)87(81)79-49-45-77(46-50-79)85(73-37-29-65(30-38-73)61-19-7-3-8-20-61)74-39-31-66(32-40-74)62-21-9-4-10-22-62)56-82(70-28-16-18-60(2)54-70)88(84)80-51-47-78(48-52-80)86(75-41-33-67(34-42-75)63-23-11-5-12-24-63)76-43-35-68(36-44-76)64-25-13-6-14-26-64/h3-58H,1-2H3. The monoisotopic (exact) mass is 1130 g/mol. The average molecular weight is 1130 g/mol. The van der Waals surface area contributed by atoms with Gasteiger partial charge in [0.1, 0.15) is 0 Å². The minimum Gasteiger partial charge on any atom is -0.311 e. The Morgan fingerprint density at radius 2 is 0.443 bits per heavy atom. The second-order valence-electron chi connectivity index (χ2n) is 22.8. The van der Waals surface area contributed by atoms with Crippen LogP contribution in [0.1, 0.15) is 11.1 Å². The maximum absolute atomic E-state index is 2.45. The summed E-state index contributed by atoms with van der Waals surface area (Å²) in [6, 6.07) is 124. The Hall–Kier alpha value is -11.5. The molecule has 418 valence electrons. The van der Waals surface area contributed by atoms with Crippen LogP contribution >= 0.6 is 0 Å². The average Bonchev–Trinajstić information content (AvgIpc) is 1.92. The molecule has 15 rings (SSSR count). The summed E-state index contributed by atoms with van der Waals surface area (Å²) in [5, 5.41) is 2.31. The van der Waals surface area contributed by atoms with Gasteiger partial charge in [-0.2, -0.15) is 0 Å². The predicted molar refractivity (Wildman–Crippen MR) is 372 cm³/mol. The molecule has 4 nitrogen and oxygen atoms in total. The van der Waals surface area contributed by atoms with Crippen LogP contribution in [-0.2, 0) is 0 Å². The molecule has 13 aromatic carbocycles. The molecular weight excluding hydrogens is 1060 g/mol. The molecule has 0 unspecified atom stereocenters. The minimum absolute atomic E-state index is 1.07. The number of benzene rings is 13. The maximum Gasteiger partial charge on any atom is 0.0542 e. The summed E-state index contributed by atoms with van der Waals surface area (Å²) in [5.74, 6) is 0. The molecule has 0 amide bonds. The smallest absolute Gasteiger partial charge is 0.0542 e. The highest BCUT2D eigenvalue weighted by molar-refractivity contribution is 6.02. The van der Waals surface area contributed by atoms with Gasteiger partial charge < -0.3 is 18.9 Å². The Kier molecular flexibility index (Phi) is 14.0. The van der Waals surface area contributed by atoms with E-state index in [-0.39, 0.29) is 0 Å². The van der Waals surface area contributed by atoms with E-state index >= 15 is 0 Å². The number of anilines is 6. The summed E-state index contributed by atoms with van der Waals surface area (Å²) in [6.45, 7) is 4.35. The first kappa shape index (κ1) is 53.3. The van der Waals surface area contributed by atoms with Crippen LogP contribution < -0.4 is 9.80 Å². The second kappa shape index (κ2) is 23.2. The maximum atomic E-state index is 2.45. The van der Waals surface area contributed by atoms with E-state index in [1.54, 1.807) is 0 Å². The van der Waals surface area contributed by atoms with Crippen LogP contribution in [0.2, 0.25) is 0 Å². The van der Waals surface area contributed by atoms with Crippen molar-refractivity contribution in [2.75, 3.05) is 9.80 Å². The molecule has 0 bridgehead atoms. The van der Waals surface area contributed by atoms with Crippen molar-refractivity contribution in [2.24, 2.45) is 0 Å². The van der Waals surface area contributed by atoms with Crippen molar-refractivity contribution in [1.82, 2.24) is 9.13 Å². The minimum atomic E-state index is 1.07. The fourth-order valence-electron chi connectivity index (χ4n) is 12.6. The third kappa shape index (κ3) is 10.4. The third-order valence-electron chi connectivity index (χ3n) is 17.0. The third-order valence-corrected chi connectivity index (χ3v) is 17.0. The summed E-state index contributed by atoms with van der Waals surface area (Å²) in [6.07, 6.45) is 0. The highest BCUT2D eigenvalue weighted by Gasteiger charge is 2.22. The van der Waals surface area contributed by atoms with Gasteiger partial charge in [0.15, 0.2) is 0 Å². The number of hydrogen-bond acceptors (Lipinski definition) is 2. The van der Waals surface area contributed by atoms with Gasteiger partial charge in [-0.3, -0.25) is 0 Å². The van der Waals surface area contributed by atoms with Gasteiger partial charge in [0, 0.05) is 56.3 Å². The van der Waals surface area contributed by atoms with Gasteiger partial charge in [-0.25, -0.2) is 0 Å². The van der Waals surface area contributed by atoms with Crippen molar-refractivity contribution in [3.63, 3.8) is 0 Å². The van der Waals surface area contributed by atoms with E-state index in [9.17, 15) is 0 Å². The Morgan fingerprint density at radius 3 is 0.705 bits per heavy atom. The van der Waals surface area contributed by atoms with E-state index in [1.165, 1.54) is 55.6 Å². The first-order valence-electron chi connectivity index (χ1n) is 30.2. The van der Waals surface area contributed by atoms with E-state index in [0.29, 0.717) is 0 Å². The molecule has 0 spiro atoms. The van der Waals surface area contributed by atoms with Crippen molar-refractivity contribution in [1.29, 1.82) is 0 Å². The van der Waals surface area contributed by atoms with Gasteiger partial charge in [-0.1, -0.05) is 217 Å². The highest BCUT2D eigenvalue weighted by Crippen LogP contribution is 2.43. The lowest BCUT2D eigenvalue weighted by molar-refractivity contribution is 1.13. The van der Waals surface area contributed by atoms with E-state index in [1.807, 2.05) is 0 Å². The molecule has 0 aliphatic heterocycles. The van der Waals surface area contributed by atoms with Crippen LogP contribution in [0.5, 0.6) is 0 Å². The van der Waals surface area contributed by atoms with Crippen molar-refractivity contribution in [3.8, 4) is 78.4 Å². The van der Waals surface area contributed by atoms with E-state index < -0.39 is 0 Å². The Morgan fingerprint density at radius 1 is 0.205 bits per heavy atom. The number of aryl methyl sites for hydroxylation is 2. The zero-order chi connectivity index (χ0) is 58.9. The van der Waals surface area contributed by atoms with Crippen molar-refractivity contribution in [2.45, 2.75) is 13.8 Å². The van der Waals surface area contributed by atoms with Crippen LogP contribution in [0.3, 0.4) is 0 Å². The first-order valence-corrected chi connectivity index (χ1v) is 30.2. The largest absolute Gasteiger partial charge is 0.311 e. The molecule has 0 aliphatic rings. The summed E-state index contributed by atoms with van der Waals surface area (Å²) >= 11 is 0. The summed E-state index contributed by atoms with van der Waals surface area (Å²) in [5.41, 5.74) is 27.4. The molecule has 0 saturated heterocycles. The second-order valence-corrected chi connectivity index (χ2v) is 22.8. The van der Waals surface area contributed by atoms with E-state index in [4.69, 9.17) is 0 Å². The molecule has 0 fully saturated rings. The fourth-order valence-corrected chi connectivity index (χ4v) is 12.6. The topological polar surface area (TPSA) is 16.3 Å². The molecule has 2 heterocycles. The summed E-state index contributed by atoms with van der Waals surface area (Å²) < 4.78 is 4.90. The number of fused-ring (bicyclic) bond motifs is 2. The Balaban J connectivity index is 0.842. The molecule has 0 N–H and O–H groups in total. The number of aromatic nitrogens is 2. The summed E-state index contributed by atoms with van der Waals surface area (Å²) in [7, 11) is 0. The van der Waals surface area contributed by atoms with Gasteiger partial charge in [0.05, 0.1) is 22.4 Å².